The Hall–Kier alpha value is -3.45. The van der Waals surface area contributed by atoms with Crippen molar-refractivity contribution in [2.75, 3.05) is 38.5 Å². The van der Waals surface area contributed by atoms with Gasteiger partial charge in [0.05, 0.1) is 0 Å². The molecule has 1 aliphatic rings. The second-order valence-electron chi connectivity index (χ2n) is 7.39. The fourth-order valence-electron chi connectivity index (χ4n) is 2.87. The third-order valence-electron chi connectivity index (χ3n) is 4.32. The Morgan fingerprint density at radius 2 is 1.75 bits per heavy atom. The molecule has 13 nitrogen and oxygen atoms in total. The minimum absolute atomic E-state index is 0.107. The molecule has 7 N–H and O–H groups in total. The number of nitrogens with one attached hydrogen (secondary N) is 6. The van der Waals surface area contributed by atoms with Gasteiger partial charge in [-0.2, -0.15) is 4.98 Å². The largest absolute Gasteiger partial charge is 0.368 e. The van der Waals surface area contributed by atoms with Crippen molar-refractivity contribution >= 4 is 24.0 Å². The van der Waals surface area contributed by atoms with E-state index in [1.165, 1.54) is 12.1 Å². The van der Waals surface area contributed by atoms with Crippen LogP contribution in [0.1, 0.15) is 25.5 Å². The molecule has 0 radical (unpaired) electrons. The SMILES string of the molecule is CC1=CC(O)N=C(NC(=O)NCCCN(C)CCCNC(=O)Nc2nc(=O)cc(C)[nH]2)N1. The van der Waals surface area contributed by atoms with Crippen molar-refractivity contribution in [1.29, 1.82) is 0 Å². The van der Waals surface area contributed by atoms with E-state index in [9.17, 15) is 19.5 Å². The predicted molar refractivity (Wildman–Crippen MR) is 120 cm³/mol. The van der Waals surface area contributed by atoms with Crippen molar-refractivity contribution in [1.82, 2.24) is 36.1 Å². The molecule has 4 amide bonds. The van der Waals surface area contributed by atoms with Crippen LogP contribution in [0.15, 0.2) is 27.6 Å². The zero-order valence-electron chi connectivity index (χ0n) is 18.5. The normalized spacial score (nSPS) is 15.3. The molecule has 1 aliphatic heterocycles. The Labute approximate surface area is 185 Å². The first kappa shape index (κ1) is 24.8. The third-order valence-corrected chi connectivity index (χ3v) is 4.32. The van der Waals surface area contributed by atoms with Crippen LogP contribution in [-0.4, -0.2) is 77.5 Å². The topological polar surface area (TPSA) is 176 Å². The number of hydrogen-bond donors (Lipinski definition) is 7. The van der Waals surface area contributed by atoms with Crippen LogP contribution in [-0.2, 0) is 0 Å². The van der Waals surface area contributed by atoms with E-state index in [1.807, 2.05) is 7.05 Å². The van der Waals surface area contributed by atoms with Crippen LogP contribution in [0.3, 0.4) is 0 Å². The molecule has 32 heavy (non-hydrogen) atoms. The number of aliphatic hydroxyl groups is 1. The molecule has 0 spiro atoms. The summed E-state index contributed by atoms with van der Waals surface area (Å²) < 4.78 is 0. The van der Waals surface area contributed by atoms with Gasteiger partial charge < -0.3 is 30.9 Å². The third kappa shape index (κ3) is 9.57. The summed E-state index contributed by atoms with van der Waals surface area (Å²) in [4.78, 5) is 47.5. The first-order valence-electron chi connectivity index (χ1n) is 10.3. The molecule has 0 bridgehead atoms. The molecule has 176 valence electrons. The number of anilines is 1. The standard InChI is InChI=1S/C19H31N9O4/c1-12-10-14(29)24-16(22-12)26-18(31)20-6-4-8-28(3)9-5-7-21-19(32)27-17-23-13(2)11-15(30)25-17/h10-11,14,29H,4-9H2,1-3H3,(H3,20,22,24,26,31)(H3,21,23,25,27,30,32). The van der Waals surface area contributed by atoms with E-state index in [2.05, 4.69) is 46.4 Å². The van der Waals surface area contributed by atoms with Gasteiger partial charge in [0.2, 0.25) is 11.9 Å². The number of aromatic amines is 1. The summed E-state index contributed by atoms with van der Waals surface area (Å²) in [5, 5.41) is 22.9. The molecular formula is C19H31N9O4. The minimum atomic E-state index is -0.969. The molecule has 0 fully saturated rings. The monoisotopic (exact) mass is 449 g/mol. The number of urea groups is 2. The van der Waals surface area contributed by atoms with Crippen molar-refractivity contribution < 1.29 is 14.7 Å². The summed E-state index contributed by atoms with van der Waals surface area (Å²) in [5.74, 6) is 0.309. The zero-order valence-corrected chi connectivity index (χ0v) is 18.5. The summed E-state index contributed by atoms with van der Waals surface area (Å²) in [6, 6.07) is 0.500. The van der Waals surface area contributed by atoms with E-state index in [0.717, 1.165) is 25.9 Å². The molecule has 0 saturated carbocycles. The highest BCUT2D eigenvalue weighted by Gasteiger charge is 2.12. The van der Waals surface area contributed by atoms with Gasteiger partial charge >= 0.3 is 12.1 Å². The molecule has 1 unspecified atom stereocenters. The van der Waals surface area contributed by atoms with Crippen LogP contribution in [0, 0.1) is 6.92 Å². The predicted octanol–water partition coefficient (Wildman–Crippen LogP) is -0.608. The number of carbonyl (C=O) groups is 2. The van der Waals surface area contributed by atoms with Gasteiger partial charge in [0.15, 0.2) is 6.23 Å². The second-order valence-corrected chi connectivity index (χ2v) is 7.39. The quantitative estimate of drug-likeness (QED) is 0.246. The summed E-state index contributed by atoms with van der Waals surface area (Å²) in [7, 11) is 1.96. The molecule has 1 aromatic heterocycles. The number of aromatic nitrogens is 2. The van der Waals surface area contributed by atoms with Gasteiger partial charge in [-0.25, -0.2) is 14.6 Å². The first-order chi connectivity index (χ1) is 15.2. The number of allylic oxidation sites excluding steroid dienone is 1. The highest BCUT2D eigenvalue weighted by atomic mass is 16.3. The fourth-order valence-corrected chi connectivity index (χ4v) is 2.87. The van der Waals surface area contributed by atoms with Gasteiger partial charge in [-0.15, -0.1) is 0 Å². The number of guanidine groups is 1. The lowest BCUT2D eigenvalue weighted by atomic mass is 10.3. The maximum Gasteiger partial charge on any atom is 0.321 e. The Bertz CT molecular complexity index is 912. The molecule has 2 rings (SSSR count). The Kier molecular flexibility index (Phi) is 9.63. The van der Waals surface area contributed by atoms with Crippen LogP contribution < -0.4 is 32.1 Å². The minimum Gasteiger partial charge on any atom is -0.368 e. The number of aryl methyl sites for hydroxylation is 1. The number of amides is 4. The van der Waals surface area contributed by atoms with Gasteiger partial charge in [-0.05, 0) is 52.9 Å². The van der Waals surface area contributed by atoms with Crippen LogP contribution >= 0.6 is 0 Å². The molecule has 0 aliphatic carbocycles. The maximum atomic E-state index is 11.9. The summed E-state index contributed by atoms with van der Waals surface area (Å²) >= 11 is 0. The number of H-pyrrole nitrogens is 1. The molecule has 2 heterocycles. The summed E-state index contributed by atoms with van der Waals surface area (Å²) in [5.41, 5.74) is 0.896. The number of nitrogens with zero attached hydrogens (tertiary/aromatic N) is 3. The number of hydrogen-bond acceptors (Lipinski definition) is 8. The van der Waals surface area contributed by atoms with E-state index in [-0.39, 0.29) is 11.9 Å². The molecule has 1 atom stereocenters. The van der Waals surface area contributed by atoms with Gasteiger partial charge in [0.25, 0.3) is 5.56 Å². The number of rotatable bonds is 9. The van der Waals surface area contributed by atoms with E-state index in [0.29, 0.717) is 24.5 Å². The average Bonchev–Trinajstić information content (AvgIpc) is 2.67. The summed E-state index contributed by atoms with van der Waals surface area (Å²) in [6.07, 6.45) is 2.04. The second kappa shape index (κ2) is 12.4. The number of carbonyl (C=O) groups excluding carboxylic acids is 2. The fraction of sp³-hybridized carbons (Fsp3) is 0.526. The van der Waals surface area contributed by atoms with Gasteiger partial charge in [-0.3, -0.25) is 15.4 Å². The van der Waals surface area contributed by atoms with Crippen molar-refractivity contribution in [2.45, 2.75) is 32.9 Å². The molecule has 0 aromatic carbocycles. The average molecular weight is 450 g/mol. The number of aliphatic hydroxyl groups excluding tert-OH is 1. The zero-order chi connectivity index (χ0) is 23.5. The molecule has 1 aromatic rings. The highest BCUT2D eigenvalue weighted by Crippen LogP contribution is 2.00. The van der Waals surface area contributed by atoms with Crippen LogP contribution in [0.4, 0.5) is 15.5 Å². The lowest BCUT2D eigenvalue weighted by Gasteiger charge is -2.19. The number of aliphatic imine (C=N–C) groups is 1. The summed E-state index contributed by atoms with van der Waals surface area (Å²) in [6.45, 7) is 5.93. The van der Waals surface area contributed by atoms with Gasteiger partial charge in [0.1, 0.15) is 0 Å². The van der Waals surface area contributed by atoms with Crippen molar-refractivity contribution in [2.24, 2.45) is 4.99 Å². The highest BCUT2D eigenvalue weighted by molar-refractivity contribution is 5.97. The lowest BCUT2D eigenvalue weighted by molar-refractivity contribution is 0.228. The van der Waals surface area contributed by atoms with Crippen LogP contribution in [0.25, 0.3) is 0 Å². The van der Waals surface area contributed by atoms with Crippen LogP contribution in [0.2, 0.25) is 0 Å². The van der Waals surface area contributed by atoms with E-state index in [4.69, 9.17) is 0 Å². The lowest BCUT2D eigenvalue weighted by Crippen LogP contribution is -2.47. The molecular weight excluding hydrogens is 418 g/mol. The van der Waals surface area contributed by atoms with E-state index >= 15 is 0 Å². The Balaban J connectivity index is 1.52. The molecule has 13 heteroatoms. The van der Waals surface area contributed by atoms with Crippen molar-refractivity contribution in [3.63, 3.8) is 0 Å². The van der Waals surface area contributed by atoms with Crippen molar-refractivity contribution in [3.05, 3.63) is 33.9 Å². The Morgan fingerprint density at radius 1 is 1.12 bits per heavy atom. The smallest absolute Gasteiger partial charge is 0.321 e. The van der Waals surface area contributed by atoms with Gasteiger partial charge in [-0.1, -0.05) is 0 Å². The Morgan fingerprint density at radius 3 is 2.34 bits per heavy atom. The van der Waals surface area contributed by atoms with Gasteiger partial charge in [0, 0.05) is 30.5 Å². The first-order valence-corrected chi connectivity index (χ1v) is 10.3. The van der Waals surface area contributed by atoms with Crippen molar-refractivity contribution in [3.8, 4) is 0 Å². The van der Waals surface area contributed by atoms with E-state index < -0.39 is 23.8 Å². The van der Waals surface area contributed by atoms with E-state index in [1.54, 1.807) is 13.8 Å². The van der Waals surface area contributed by atoms with Crippen LogP contribution in [0.5, 0.6) is 0 Å². The maximum absolute atomic E-state index is 11.9. The molecule has 0 saturated heterocycles.